The molecule has 3 nitrogen and oxygen atoms in total. The number of unbranched alkanes of at least 4 members (excludes halogenated alkanes) is 20. The normalized spacial score (nSPS) is 19.1. The van der Waals surface area contributed by atoms with Crippen LogP contribution in [0.4, 0.5) is 0 Å². The van der Waals surface area contributed by atoms with E-state index >= 15 is 0 Å². The maximum atomic E-state index is 9.35. The molecule has 1 heterocycles. The minimum atomic E-state index is -0.373. The Morgan fingerprint density at radius 1 is 0.614 bits per heavy atom. The molecule has 0 aliphatic carbocycles. The molecular weight excluding hydrogens is 540 g/mol. The first-order chi connectivity index (χ1) is 21.7. The lowest BCUT2D eigenvalue weighted by Gasteiger charge is -2.42. The molecule has 0 spiro atoms. The fourth-order valence-corrected chi connectivity index (χ4v) is 6.83. The largest absolute Gasteiger partial charge is 0.396 e. The Balaban J connectivity index is 2.18. The van der Waals surface area contributed by atoms with E-state index in [2.05, 4.69) is 32.6 Å². The molecule has 1 saturated heterocycles. The van der Waals surface area contributed by atoms with Gasteiger partial charge in [0, 0.05) is 32.3 Å². The van der Waals surface area contributed by atoms with Crippen LogP contribution in [-0.2, 0) is 9.47 Å². The van der Waals surface area contributed by atoms with E-state index in [1.54, 1.807) is 0 Å². The summed E-state index contributed by atoms with van der Waals surface area (Å²) < 4.78 is 13.1. The fourth-order valence-electron chi connectivity index (χ4n) is 6.83. The van der Waals surface area contributed by atoms with Gasteiger partial charge in [-0.1, -0.05) is 149 Å². The summed E-state index contributed by atoms with van der Waals surface area (Å²) in [5.41, 5.74) is 0. The zero-order valence-electron chi connectivity index (χ0n) is 30.3. The number of aliphatic hydroxyl groups is 1. The molecule has 3 unspecified atom stereocenters. The maximum absolute atomic E-state index is 9.35. The summed E-state index contributed by atoms with van der Waals surface area (Å²) in [4.78, 5) is 0. The summed E-state index contributed by atoms with van der Waals surface area (Å²) in [5, 5.41) is 9.35. The van der Waals surface area contributed by atoms with Crippen molar-refractivity contribution in [1.29, 1.82) is 0 Å². The van der Waals surface area contributed by atoms with Crippen molar-refractivity contribution in [2.45, 2.75) is 232 Å². The SMILES string of the molecule is CCCCCC#CCCCCCCCCCCC1(CCCCCCCCC(C)CCCCCCC)OCCC(CCCO)O1. The van der Waals surface area contributed by atoms with Gasteiger partial charge in [0.05, 0.1) is 12.7 Å². The number of hydrogen-bond donors (Lipinski definition) is 1. The highest BCUT2D eigenvalue weighted by Crippen LogP contribution is 2.35. The third-order valence-corrected chi connectivity index (χ3v) is 9.82. The minimum Gasteiger partial charge on any atom is -0.396 e. The Bertz CT molecular complexity index is 652. The van der Waals surface area contributed by atoms with Crippen molar-refractivity contribution in [2.75, 3.05) is 13.2 Å². The molecule has 1 rings (SSSR count). The Morgan fingerprint density at radius 3 is 1.61 bits per heavy atom. The van der Waals surface area contributed by atoms with E-state index in [-0.39, 0.29) is 18.5 Å². The third kappa shape index (κ3) is 24.6. The summed E-state index contributed by atoms with van der Waals surface area (Å²) >= 11 is 0. The molecule has 0 bridgehead atoms. The Hall–Kier alpha value is -0.560. The smallest absolute Gasteiger partial charge is 0.168 e. The van der Waals surface area contributed by atoms with Crippen LogP contribution in [0.1, 0.15) is 220 Å². The van der Waals surface area contributed by atoms with Gasteiger partial charge in [-0.15, -0.1) is 11.8 Å². The zero-order chi connectivity index (χ0) is 31.8. The molecule has 0 radical (unpaired) electrons. The predicted octanol–water partition coefficient (Wildman–Crippen LogP) is 12.9. The van der Waals surface area contributed by atoms with Crippen LogP contribution in [0, 0.1) is 17.8 Å². The van der Waals surface area contributed by atoms with Gasteiger partial charge in [0.2, 0.25) is 0 Å². The minimum absolute atomic E-state index is 0.255. The molecule has 0 amide bonds. The van der Waals surface area contributed by atoms with Crippen LogP contribution >= 0.6 is 0 Å². The van der Waals surface area contributed by atoms with Gasteiger partial charge in [0.15, 0.2) is 5.79 Å². The summed E-state index contributed by atoms with van der Waals surface area (Å²) in [5.74, 6) is 7.25. The van der Waals surface area contributed by atoms with Crippen LogP contribution in [0.3, 0.4) is 0 Å². The molecular formula is C41H78O3. The maximum Gasteiger partial charge on any atom is 0.168 e. The van der Waals surface area contributed by atoms with Crippen molar-refractivity contribution in [1.82, 2.24) is 0 Å². The monoisotopic (exact) mass is 619 g/mol. The number of hydrogen-bond acceptors (Lipinski definition) is 3. The number of rotatable bonds is 31. The second-order valence-corrected chi connectivity index (χ2v) is 14.3. The zero-order valence-corrected chi connectivity index (χ0v) is 30.3. The number of ether oxygens (including phenoxy) is 2. The van der Waals surface area contributed by atoms with E-state index in [4.69, 9.17) is 9.47 Å². The average molecular weight is 619 g/mol. The van der Waals surface area contributed by atoms with Gasteiger partial charge in [-0.05, 0) is 50.9 Å². The fraction of sp³-hybridized carbons (Fsp3) is 0.951. The molecule has 1 fully saturated rings. The lowest BCUT2D eigenvalue weighted by Crippen LogP contribution is -2.45. The first-order valence-corrected chi connectivity index (χ1v) is 20.0. The highest BCUT2D eigenvalue weighted by atomic mass is 16.7. The van der Waals surface area contributed by atoms with E-state index in [9.17, 15) is 5.11 Å². The lowest BCUT2D eigenvalue weighted by atomic mass is 9.95. The molecule has 260 valence electrons. The van der Waals surface area contributed by atoms with Gasteiger partial charge in [0.1, 0.15) is 0 Å². The molecule has 44 heavy (non-hydrogen) atoms. The molecule has 1 aliphatic heterocycles. The molecule has 3 heteroatoms. The molecule has 1 aliphatic rings. The van der Waals surface area contributed by atoms with Gasteiger partial charge in [-0.3, -0.25) is 0 Å². The van der Waals surface area contributed by atoms with Crippen molar-refractivity contribution in [3.8, 4) is 11.8 Å². The molecule has 0 aromatic rings. The molecule has 1 N–H and O–H groups in total. The summed E-state index contributed by atoms with van der Waals surface area (Å²) in [7, 11) is 0. The van der Waals surface area contributed by atoms with Crippen molar-refractivity contribution in [3.63, 3.8) is 0 Å². The first kappa shape index (κ1) is 41.5. The quantitative estimate of drug-likeness (QED) is 0.0620. The van der Waals surface area contributed by atoms with Crippen molar-refractivity contribution in [3.05, 3.63) is 0 Å². The van der Waals surface area contributed by atoms with Crippen molar-refractivity contribution in [2.24, 2.45) is 5.92 Å². The summed E-state index contributed by atoms with van der Waals surface area (Å²) in [6, 6.07) is 0. The topological polar surface area (TPSA) is 38.7 Å². The van der Waals surface area contributed by atoms with E-state index < -0.39 is 0 Å². The third-order valence-electron chi connectivity index (χ3n) is 9.82. The lowest BCUT2D eigenvalue weighted by molar-refractivity contribution is -0.301. The Morgan fingerprint density at radius 2 is 1.07 bits per heavy atom. The highest BCUT2D eigenvalue weighted by Gasteiger charge is 2.37. The van der Waals surface area contributed by atoms with Crippen molar-refractivity contribution < 1.29 is 14.6 Å². The van der Waals surface area contributed by atoms with Crippen LogP contribution in [-0.4, -0.2) is 30.2 Å². The van der Waals surface area contributed by atoms with Gasteiger partial charge in [-0.25, -0.2) is 0 Å². The first-order valence-electron chi connectivity index (χ1n) is 20.0. The molecule has 0 aromatic heterocycles. The van der Waals surface area contributed by atoms with Crippen LogP contribution in [0.15, 0.2) is 0 Å². The standard InChI is InChI=1S/C41H78O3/c1-4-6-8-10-11-12-13-14-15-16-17-18-20-24-28-35-41(43-38-34-40(44-41)33-30-37-42)36-29-25-21-19-23-27-32-39(3)31-26-22-9-7-5-2/h39-40,42H,4-10,13-38H2,1-3H3. The Labute approximate surface area is 276 Å². The second kappa shape index (κ2) is 31.1. The highest BCUT2D eigenvalue weighted by molar-refractivity contribution is 4.98. The van der Waals surface area contributed by atoms with Crippen LogP contribution in [0.2, 0.25) is 0 Å². The average Bonchev–Trinajstić information content (AvgIpc) is 3.03. The van der Waals surface area contributed by atoms with Gasteiger partial charge < -0.3 is 14.6 Å². The summed E-state index contributed by atoms with van der Waals surface area (Å²) in [6.07, 6.45) is 39.6. The number of aliphatic hydroxyl groups excluding tert-OH is 1. The Kier molecular flexibility index (Phi) is 29.3. The van der Waals surface area contributed by atoms with E-state index in [0.29, 0.717) is 0 Å². The molecule has 0 saturated carbocycles. The molecule has 0 aromatic carbocycles. The van der Waals surface area contributed by atoms with E-state index in [1.165, 1.54) is 154 Å². The van der Waals surface area contributed by atoms with Gasteiger partial charge in [-0.2, -0.15) is 0 Å². The van der Waals surface area contributed by atoms with Crippen LogP contribution in [0.5, 0.6) is 0 Å². The predicted molar refractivity (Wildman–Crippen MR) is 192 cm³/mol. The van der Waals surface area contributed by atoms with Crippen LogP contribution < -0.4 is 0 Å². The van der Waals surface area contributed by atoms with Crippen LogP contribution in [0.25, 0.3) is 0 Å². The van der Waals surface area contributed by atoms with Crippen molar-refractivity contribution >= 4 is 0 Å². The summed E-state index contributed by atoms with van der Waals surface area (Å²) in [6.45, 7) is 8.09. The molecule has 3 atom stereocenters. The van der Waals surface area contributed by atoms with E-state index in [0.717, 1.165) is 57.5 Å². The van der Waals surface area contributed by atoms with E-state index in [1.807, 2.05) is 0 Å². The second-order valence-electron chi connectivity index (χ2n) is 14.3. The van der Waals surface area contributed by atoms with Gasteiger partial charge >= 0.3 is 0 Å². The van der Waals surface area contributed by atoms with Gasteiger partial charge in [0.25, 0.3) is 0 Å².